The van der Waals surface area contributed by atoms with E-state index in [0.29, 0.717) is 50.3 Å². The molecule has 306 valence electrons. The number of hydroxylamine groups is 1. The molecule has 0 aliphatic carbocycles. The summed E-state index contributed by atoms with van der Waals surface area (Å²) < 4.78 is 10.2. The van der Waals surface area contributed by atoms with Crippen molar-refractivity contribution < 1.29 is 9.36 Å². The fourth-order valence-corrected chi connectivity index (χ4v) is 10.7. The third-order valence-electron chi connectivity index (χ3n) is 9.43. The van der Waals surface area contributed by atoms with Gasteiger partial charge in [0.05, 0.1) is 15.5 Å². The topological polar surface area (TPSA) is 134 Å². The molecule has 1 N–H and O–H groups in total. The van der Waals surface area contributed by atoms with Crippen LogP contribution in [-0.2, 0) is 29.3 Å². The van der Waals surface area contributed by atoms with Crippen LogP contribution in [0.3, 0.4) is 0 Å². The van der Waals surface area contributed by atoms with Crippen LogP contribution in [0.25, 0.3) is 32.9 Å². The zero-order valence-electron chi connectivity index (χ0n) is 32.2. The molecule has 0 spiro atoms. The number of unbranched alkanes of at least 4 members (excludes halogenated alkanes) is 3. The van der Waals surface area contributed by atoms with Crippen LogP contribution in [-0.4, -0.2) is 63.3 Å². The first-order valence-electron chi connectivity index (χ1n) is 19.1. The zero-order valence-corrected chi connectivity index (χ0v) is 37.8. The molecular weight excluding hydrogens is 884 g/mol. The molecule has 1 atom stereocenters. The van der Waals surface area contributed by atoms with Gasteiger partial charge in [-0.05, 0) is 78.1 Å². The third-order valence-corrected chi connectivity index (χ3v) is 14.5. The minimum absolute atomic E-state index is 0.357. The van der Waals surface area contributed by atoms with Gasteiger partial charge < -0.3 is 18.5 Å². The second-order valence-electron chi connectivity index (χ2n) is 13.6. The third kappa shape index (κ3) is 9.78. The maximum absolute atomic E-state index is 7.17. The van der Waals surface area contributed by atoms with Gasteiger partial charge in [-0.1, -0.05) is 102 Å². The van der Waals surface area contributed by atoms with E-state index < -0.39 is 5.66 Å². The highest BCUT2D eigenvalue weighted by Crippen LogP contribution is 2.40. The van der Waals surface area contributed by atoms with Gasteiger partial charge >= 0.3 is 0 Å². The van der Waals surface area contributed by atoms with Gasteiger partial charge in [0.25, 0.3) is 5.89 Å². The molecule has 2 aromatic carbocycles. The summed E-state index contributed by atoms with van der Waals surface area (Å²) in [6.07, 6.45) is 7.71. The van der Waals surface area contributed by atoms with Crippen molar-refractivity contribution in [3.8, 4) is 32.9 Å². The quantitative estimate of drug-likeness (QED) is 0.0576. The molecule has 0 saturated carbocycles. The van der Waals surface area contributed by atoms with Crippen molar-refractivity contribution >= 4 is 87.1 Å². The molecule has 0 bridgehead atoms. The van der Waals surface area contributed by atoms with E-state index in [2.05, 4.69) is 76.2 Å². The van der Waals surface area contributed by atoms with Gasteiger partial charge in [-0.3, -0.25) is 0 Å². The molecule has 19 heteroatoms. The molecule has 0 amide bonds. The van der Waals surface area contributed by atoms with Crippen LogP contribution in [0.2, 0.25) is 10.0 Å². The van der Waals surface area contributed by atoms with Crippen LogP contribution < -0.4 is 5.48 Å². The Morgan fingerprint density at radius 1 is 0.797 bits per heavy atom. The number of hydrogen-bond donors (Lipinski definition) is 1. The Morgan fingerprint density at radius 2 is 1.54 bits per heavy atom. The number of aliphatic imine (C=N–C) groups is 1. The van der Waals surface area contributed by atoms with Crippen LogP contribution in [0.1, 0.15) is 56.0 Å². The molecule has 1 aliphatic rings. The minimum atomic E-state index is -1.10. The monoisotopic (exact) mass is 922 g/mol. The summed E-state index contributed by atoms with van der Waals surface area (Å²) in [4.78, 5) is 18.1. The van der Waals surface area contributed by atoms with Crippen LogP contribution in [0.5, 0.6) is 0 Å². The molecular formula is C40H40Cl2N10O2S5. The lowest BCUT2D eigenvalue weighted by atomic mass is 10.0. The highest BCUT2D eigenvalue weighted by atomic mass is 35.5. The van der Waals surface area contributed by atoms with E-state index >= 15 is 0 Å². The molecule has 0 saturated heterocycles. The highest BCUT2D eigenvalue weighted by molar-refractivity contribution is 7.99. The van der Waals surface area contributed by atoms with E-state index in [4.69, 9.17) is 42.5 Å². The second-order valence-corrected chi connectivity index (χ2v) is 19.2. The Hall–Kier alpha value is -3.68. The van der Waals surface area contributed by atoms with Crippen LogP contribution in [0.4, 0.5) is 0 Å². The molecule has 1 unspecified atom stereocenters. The summed E-state index contributed by atoms with van der Waals surface area (Å²) in [5.74, 6) is 4.92. The number of thioether (sulfide) groups is 3. The number of benzene rings is 2. The Morgan fingerprint density at radius 3 is 2.22 bits per heavy atom. The number of aromatic nitrogens is 8. The van der Waals surface area contributed by atoms with Gasteiger partial charge in [0.1, 0.15) is 0 Å². The number of nitrogens with one attached hydrogen (secondary N) is 1. The first-order chi connectivity index (χ1) is 28.9. The highest BCUT2D eigenvalue weighted by Gasteiger charge is 2.41. The Bertz CT molecular complexity index is 2490. The van der Waals surface area contributed by atoms with Gasteiger partial charge in [-0.2, -0.15) is 16.7 Å². The van der Waals surface area contributed by atoms with Crippen molar-refractivity contribution in [1.29, 1.82) is 0 Å². The van der Waals surface area contributed by atoms with Crippen molar-refractivity contribution in [2.24, 2.45) is 4.99 Å². The van der Waals surface area contributed by atoms with Crippen molar-refractivity contribution in [3.05, 3.63) is 104 Å². The predicted molar refractivity (Wildman–Crippen MR) is 243 cm³/mol. The Balaban J connectivity index is 1.04. The molecule has 59 heavy (non-hydrogen) atoms. The van der Waals surface area contributed by atoms with Crippen molar-refractivity contribution in [2.45, 2.75) is 73.8 Å². The molecule has 5 aromatic heterocycles. The summed E-state index contributed by atoms with van der Waals surface area (Å²) in [7, 11) is 0. The largest absolute Gasteiger partial charge is 0.385 e. The molecule has 8 rings (SSSR count). The summed E-state index contributed by atoms with van der Waals surface area (Å²) in [6, 6.07) is 21.3. The van der Waals surface area contributed by atoms with Crippen molar-refractivity contribution in [3.63, 3.8) is 0 Å². The molecule has 7 aromatic rings. The summed E-state index contributed by atoms with van der Waals surface area (Å²) in [5, 5.41) is 29.4. The van der Waals surface area contributed by atoms with Gasteiger partial charge in [0.15, 0.2) is 33.4 Å². The van der Waals surface area contributed by atoms with E-state index in [1.54, 1.807) is 34.4 Å². The lowest BCUT2D eigenvalue weighted by Crippen LogP contribution is -2.39. The number of nitrogens with zero attached hydrogens (tertiary/aromatic N) is 9. The normalized spacial score (nSPS) is 15.2. The summed E-state index contributed by atoms with van der Waals surface area (Å²) in [5.41, 5.74) is 4.24. The zero-order chi connectivity index (χ0) is 40.6. The van der Waals surface area contributed by atoms with Gasteiger partial charge in [0.2, 0.25) is 5.90 Å². The average Bonchev–Trinajstić information content (AvgIpc) is 4.10. The molecule has 6 heterocycles. The van der Waals surface area contributed by atoms with Crippen LogP contribution in [0.15, 0.2) is 97.3 Å². The number of halogens is 2. The molecule has 0 radical (unpaired) electrons. The number of thiophene rings is 2. The SMILES string of the molecule is CCCCCCn1c(SCc2noc(-c3ccc(C4(CSc5nnc(-c6cccs6)n5CCCSC)N=C(c5cccc(Cl)c5)ON4)c(Cl)c3)n2)nnc1-c1cccs1. The summed E-state index contributed by atoms with van der Waals surface area (Å²) in [6.45, 7) is 3.85. The number of rotatable bonds is 20. The minimum Gasteiger partial charge on any atom is -0.385 e. The maximum atomic E-state index is 7.17. The molecule has 0 fully saturated rings. The molecule has 1 aliphatic heterocycles. The van der Waals surface area contributed by atoms with E-state index in [1.807, 2.05) is 66.4 Å². The molecule has 12 nitrogen and oxygen atoms in total. The Kier molecular flexibility index (Phi) is 14.1. The van der Waals surface area contributed by atoms with E-state index in [-0.39, 0.29) is 0 Å². The van der Waals surface area contributed by atoms with E-state index in [1.165, 1.54) is 24.6 Å². The van der Waals surface area contributed by atoms with Gasteiger partial charge in [-0.25, -0.2) is 4.99 Å². The second kappa shape index (κ2) is 19.8. The van der Waals surface area contributed by atoms with Crippen LogP contribution >= 0.6 is 81.2 Å². The average molecular weight is 924 g/mol. The Labute approximate surface area is 372 Å². The fourth-order valence-electron chi connectivity index (χ4n) is 6.50. The first-order valence-corrected chi connectivity index (χ1v) is 24.9. The standard InChI is InChI=1S/C40H40Cl2N10O2S5/c1-3-4-5-6-17-51-34(31-13-8-20-56-31)45-47-38(51)58-24-33-43-36(53-49-33)27-15-16-29(30(42)23-27)40(44-37(54-50-40)26-11-7-12-28(41)22-26)25-59-39-48-46-35(32-14-9-21-57-32)52(39)18-10-19-55-2/h7-9,11-16,20-23,50H,3-6,10,17-19,24-25H2,1-2H3. The smallest absolute Gasteiger partial charge is 0.258 e. The van der Waals surface area contributed by atoms with Gasteiger partial charge in [0, 0.05) is 45.6 Å². The van der Waals surface area contributed by atoms with Crippen molar-refractivity contribution in [1.82, 2.24) is 45.1 Å². The lowest BCUT2D eigenvalue weighted by molar-refractivity contribution is 0.132. The van der Waals surface area contributed by atoms with Gasteiger partial charge in [-0.15, -0.1) is 48.5 Å². The summed E-state index contributed by atoms with van der Waals surface area (Å²) >= 11 is 21.8. The van der Waals surface area contributed by atoms with Crippen LogP contribution in [0, 0.1) is 0 Å². The van der Waals surface area contributed by atoms with E-state index in [0.717, 1.165) is 75.4 Å². The first kappa shape index (κ1) is 42.0. The number of hydrogen-bond acceptors (Lipinski definition) is 15. The fraction of sp³-hybridized carbons (Fsp3) is 0.325. The predicted octanol–water partition coefficient (Wildman–Crippen LogP) is 11.2. The maximum Gasteiger partial charge on any atom is 0.258 e. The van der Waals surface area contributed by atoms with E-state index in [9.17, 15) is 0 Å². The lowest BCUT2D eigenvalue weighted by Gasteiger charge is -2.25. The van der Waals surface area contributed by atoms with Crippen molar-refractivity contribution in [2.75, 3.05) is 17.8 Å².